The molecule has 1 aliphatic rings. The van der Waals surface area contributed by atoms with Crippen molar-refractivity contribution in [1.29, 1.82) is 0 Å². The first-order valence-electron chi connectivity index (χ1n) is 9.88. The molecule has 2 atom stereocenters. The molecule has 1 fully saturated rings. The van der Waals surface area contributed by atoms with Gasteiger partial charge in [0.25, 0.3) is 0 Å². The molecule has 1 amide bonds. The van der Waals surface area contributed by atoms with Crippen molar-refractivity contribution in [3.05, 3.63) is 59.7 Å². The third-order valence-corrected chi connectivity index (χ3v) is 5.30. The lowest BCUT2D eigenvalue weighted by atomic mass is 9.90. The molecule has 0 aromatic heterocycles. The monoisotopic (exact) mass is 387 g/mol. The molecule has 1 heterocycles. The van der Waals surface area contributed by atoms with Crippen LogP contribution in [-0.4, -0.2) is 30.0 Å². The van der Waals surface area contributed by atoms with Crippen molar-refractivity contribution in [1.82, 2.24) is 4.90 Å². The second kappa shape index (κ2) is 8.82. The molecule has 3 rings (SSSR count). The van der Waals surface area contributed by atoms with Crippen molar-refractivity contribution in [2.75, 3.05) is 13.2 Å². The fourth-order valence-corrected chi connectivity index (χ4v) is 3.95. The third kappa shape index (κ3) is 4.41. The summed E-state index contributed by atoms with van der Waals surface area (Å²) in [4.78, 5) is 14.5. The Morgan fingerprint density at radius 2 is 1.86 bits per heavy atom. The Balaban J connectivity index is 1.91. The van der Waals surface area contributed by atoms with Crippen LogP contribution < -0.4 is 0 Å². The Morgan fingerprint density at radius 3 is 2.50 bits per heavy atom. The highest BCUT2D eigenvalue weighted by atomic mass is 19.1. The summed E-state index contributed by atoms with van der Waals surface area (Å²) in [5, 5.41) is 0. The van der Waals surface area contributed by atoms with Gasteiger partial charge in [0.05, 0.1) is 6.10 Å². The van der Waals surface area contributed by atoms with Crippen LogP contribution in [-0.2, 0) is 9.53 Å². The topological polar surface area (TPSA) is 29.5 Å². The van der Waals surface area contributed by atoms with Crippen LogP contribution in [0.3, 0.4) is 0 Å². The quantitative estimate of drug-likeness (QED) is 0.692. The molecule has 1 aliphatic heterocycles. The number of hydrogen-bond acceptors (Lipinski definition) is 2. The zero-order chi connectivity index (χ0) is 20.3. The van der Waals surface area contributed by atoms with Crippen LogP contribution in [0.2, 0.25) is 0 Å². The number of benzene rings is 2. The van der Waals surface area contributed by atoms with Crippen LogP contribution in [0.5, 0.6) is 0 Å². The van der Waals surface area contributed by atoms with E-state index in [1.165, 1.54) is 12.1 Å². The standard InChI is InChI=1S/C23H27F2NO2/c1-4-26(23(27)15(2)3)19-9-10-28-22(14-19)21-8-6-5-7-20(21)16-11-17(24)13-18(25)12-16/h5-8,11-13,15,19,22H,4,9-10,14H2,1-3H3/t19-,22+/m0/s1. The van der Waals surface area contributed by atoms with Crippen molar-refractivity contribution in [2.24, 2.45) is 5.92 Å². The lowest BCUT2D eigenvalue weighted by molar-refractivity contribution is -0.140. The van der Waals surface area contributed by atoms with Crippen molar-refractivity contribution in [3.8, 4) is 11.1 Å². The fraction of sp³-hybridized carbons (Fsp3) is 0.435. The highest BCUT2D eigenvalue weighted by molar-refractivity contribution is 5.78. The SMILES string of the molecule is CCN(C(=O)C(C)C)[C@H]1CCO[C@@H](c2ccccc2-c2cc(F)cc(F)c2)C1. The van der Waals surface area contributed by atoms with Gasteiger partial charge in [0, 0.05) is 31.2 Å². The fourth-order valence-electron chi connectivity index (χ4n) is 3.95. The van der Waals surface area contributed by atoms with Gasteiger partial charge in [-0.25, -0.2) is 8.78 Å². The number of amides is 1. The number of halogens is 2. The highest BCUT2D eigenvalue weighted by Crippen LogP contribution is 2.37. The van der Waals surface area contributed by atoms with E-state index < -0.39 is 11.6 Å². The van der Waals surface area contributed by atoms with Gasteiger partial charge in [0.2, 0.25) is 5.91 Å². The lowest BCUT2D eigenvalue weighted by Gasteiger charge is -2.38. The van der Waals surface area contributed by atoms with Gasteiger partial charge < -0.3 is 9.64 Å². The zero-order valence-corrected chi connectivity index (χ0v) is 16.6. The Bertz CT molecular complexity index is 817. The van der Waals surface area contributed by atoms with E-state index in [0.717, 1.165) is 23.6 Å². The molecule has 28 heavy (non-hydrogen) atoms. The first kappa shape index (κ1) is 20.5. The van der Waals surface area contributed by atoms with E-state index in [-0.39, 0.29) is 24.0 Å². The number of rotatable bonds is 5. The lowest BCUT2D eigenvalue weighted by Crippen LogP contribution is -2.45. The molecule has 0 N–H and O–H groups in total. The van der Waals surface area contributed by atoms with Crippen molar-refractivity contribution in [2.45, 2.75) is 45.8 Å². The second-order valence-corrected chi connectivity index (χ2v) is 7.56. The Hall–Kier alpha value is -2.27. The van der Waals surface area contributed by atoms with Crippen LogP contribution in [0.1, 0.15) is 45.3 Å². The second-order valence-electron chi connectivity index (χ2n) is 7.56. The summed E-state index contributed by atoms with van der Waals surface area (Å²) in [5.74, 6) is -1.11. The summed E-state index contributed by atoms with van der Waals surface area (Å²) in [6.45, 7) is 7.02. The molecule has 150 valence electrons. The van der Waals surface area contributed by atoms with Gasteiger partial charge in [-0.05, 0) is 48.6 Å². The van der Waals surface area contributed by atoms with Gasteiger partial charge in [-0.15, -0.1) is 0 Å². The predicted molar refractivity (Wildman–Crippen MR) is 106 cm³/mol. The molecule has 2 aromatic carbocycles. The van der Waals surface area contributed by atoms with Crippen LogP contribution in [0.25, 0.3) is 11.1 Å². The summed E-state index contributed by atoms with van der Waals surface area (Å²) in [6.07, 6.45) is 1.23. The minimum absolute atomic E-state index is 0.0520. The summed E-state index contributed by atoms with van der Waals surface area (Å²) < 4.78 is 33.5. The van der Waals surface area contributed by atoms with Gasteiger partial charge >= 0.3 is 0 Å². The summed E-state index contributed by atoms with van der Waals surface area (Å²) >= 11 is 0. The maximum absolute atomic E-state index is 13.8. The molecule has 0 bridgehead atoms. The van der Waals surface area contributed by atoms with E-state index in [4.69, 9.17) is 4.74 Å². The molecule has 0 spiro atoms. The molecule has 0 saturated carbocycles. The summed E-state index contributed by atoms with van der Waals surface area (Å²) in [7, 11) is 0. The van der Waals surface area contributed by atoms with Gasteiger partial charge in [-0.2, -0.15) is 0 Å². The average Bonchev–Trinajstić information content (AvgIpc) is 2.68. The van der Waals surface area contributed by atoms with E-state index in [1.807, 2.05) is 49.9 Å². The van der Waals surface area contributed by atoms with Crippen LogP contribution >= 0.6 is 0 Å². The molecule has 2 aromatic rings. The summed E-state index contributed by atoms with van der Waals surface area (Å²) in [5.41, 5.74) is 2.14. The Morgan fingerprint density at radius 1 is 1.18 bits per heavy atom. The largest absolute Gasteiger partial charge is 0.373 e. The van der Waals surface area contributed by atoms with Gasteiger partial charge in [-0.3, -0.25) is 4.79 Å². The van der Waals surface area contributed by atoms with E-state index in [9.17, 15) is 13.6 Å². The average molecular weight is 387 g/mol. The van der Waals surface area contributed by atoms with E-state index in [1.54, 1.807) is 0 Å². The predicted octanol–water partition coefficient (Wildman–Crippen LogP) is 5.36. The Kier molecular flexibility index (Phi) is 6.45. The van der Waals surface area contributed by atoms with Crippen molar-refractivity contribution < 1.29 is 18.3 Å². The van der Waals surface area contributed by atoms with Crippen LogP contribution in [0.4, 0.5) is 8.78 Å². The molecule has 0 unspecified atom stereocenters. The first-order chi connectivity index (χ1) is 13.4. The number of nitrogens with zero attached hydrogens (tertiary/aromatic N) is 1. The number of ether oxygens (including phenoxy) is 1. The van der Waals surface area contributed by atoms with E-state index in [0.29, 0.717) is 25.1 Å². The number of carbonyl (C=O) groups excluding carboxylic acids is 1. The number of hydrogen-bond donors (Lipinski definition) is 0. The maximum Gasteiger partial charge on any atom is 0.225 e. The minimum Gasteiger partial charge on any atom is -0.373 e. The molecular weight excluding hydrogens is 360 g/mol. The van der Waals surface area contributed by atoms with Crippen LogP contribution in [0, 0.1) is 17.6 Å². The normalized spacial score (nSPS) is 19.6. The molecule has 1 saturated heterocycles. The first-order valence-corrected chi connectivity index (χ1v) is 9.88. The molecule has 0 aliphatic carbocycles. The van der Waals surface area contributed by atoms with E-state index in [2.05, 4.69) is 0 Å². The van der Waals surface area contributed by atoms with Crippen molar-refractivity contribution in [3.63, 3.8) is 0 Å². The molecule has 3 nitrogen and oxygen atoms in total. The highest BCUT2D eigenvalue weighted by Gasteiger charge is 2.32. The molecule has 5 heteroatoms. The smallest absolute Gasteiger partial charge is 0.225 e. The van der Waals surface area contributed by atoms with E-state index >= 15 is 0 Å². The Labute approximate surface area is 165 Å². The molecule has 0 radical (unpaired) electrons. The van der Waals surface area contributed by atoms with Gasteiger partial charge in [-0.1, -0.05) is 38.1 Å². The number of carbonyl (C=O) groups is 1. The van der Waals surface area contributed by atoms with Gasteiger partial charge in [0.1, 0.15) is 11.6 Å². The minimum atomic E-state index is -0.605. The molecular formula is C23H27F2NO2. The third-order valence-electron chi connectivity index (χ3n) is 5.30. The van der Waals surface area contributed by atoms with Crippen LogP contribution in [0.15, 0.2) is 42.5 Å². The summed E-state index contributed by atoms with van der Waals surface area (Å²) in [6, 6.07) is 11.2. The van der Waals surface area contributed by atoms with Crippen molar-refractivity contribution >= 4 is 5.91 Å². The maximum atomic E-state index is 13.8. The van der Waals surface area contributed by atoms with Gasteiger partial charge in [0.15, 0.2) is 0 Å². The zero-order valence-electron chi connectivity index (χ0n) is 16.6.